The van der Waals surface area contributed by atoms with Gasteiger partial charge >= 0.3 is 0 Å². The highest BCUT2D eigenvalue weighted by molar-refractivity contribution is 7.98. The Morgan fingerprint density at radius 3 is 2.75 bits per heavy atom. The molecule has 0 unspecified atom stereocenters. The van der Waals surface area contributed by atoms with Crippen LogP contribution in [-0.4, -0.2) is 91.0 Å². The Morgan fingerprint density at radius 2 is 2.00 bits per heavy atom. The van der Waals surface area contributed by atoms with Crippen LogP contribution in [0.25, 0.3) is 32.7 Å². The van der Waals surface area contributed by atoms with E-state index in [2.05, 4.69) is 36.6 Å². The Hall–Kier alpha value is -4.79. The first kappa shape index (κ1) is 36.0. The standard InChI is InChI=1S/C37H42N8O4S2/c1-24(2)49-33-12-8-27(21-38-33)37-29-20-28(9-10-30(29)40-41-37)39-32(46)6-5-17-43(23-50-4)22-35(48)44-18-15-26(16-19-44)31-11-14-36(51-31)45-34(47)13-7-25(3)42-45/h7-15,20-21,24H,5-6,16-19,22-23H2,1-4H3,(H,39,46)(H,40,41). The number of ether oxygens (including phenoxy) is 1. The van der Waals surface area contributed by atoms with E-state index in [0.717, 1.165) is 44.2 Å². The number of carbonyl (C=O) groups excluding carboxylic acids is 2. The number of carbonyl (C=O) groups is 2. The second-order valence-electron chi connectivity index (χ2n) is 12.7. The normalized spacial score (nSPS) is 13.2. The molecule has 0 radical (unpaired) electrons. The van der Waals surface area contributed by atoms with Crippen LogP contribution >= 0.6 is 23.1 Å². The number of aryl methyl sites for hydroxylation is 1. The number of hydrogen-bond donors (Lipinski definition) is 2. The Kier molecular flexibility index (Phi) is 11.6. The smallest absolute Gasteiger partial charge is 0.272 e. The van der Waals surface area contributed by atoms with Crippen LogP contribution in [0.15, 0.2) is 71.7 Å². The lowest BCUT2D eigenvalue weighted by Crippen LogP contribution is -2.42. The molecule has 2 N–H and O–H groups in total. The summed E-state index contributed by atoms with van der Waals surface area (Å²) in [5.41, 5.74) is 4.94. The summed E-state index contributed by atoms with van der Waals surface area (Å²) in [6, 6.07) is 16.6. The molecule has 0 aliphatic carbocycles. The third kappa shape index (κ3) is 9.12. The summed E-state index contributed by atoms with van der Waals surface area (Å²) in [4.78, 5) is 48.0. The molecule has 1 aliphatic rings. The molecule has 51 heavy (non-hydrogen) atoms. The monoisotopic (exact) mass is 726 g/mol. The summed E-state index contributed by atoms with van der Waals surface area (Å²) in [5.74, 6) is 1.25. The van der Waals surface area contributed by atoms with Gasteiger partial charge in [-0.05, 0) is 94.5 Å². The molecule has 0 bridgehead atoms. The number of rotatable bonds is 14. The molecule has 0 spiro atoms. The number of pyridine rings is 1. The minimum Gasteiger partial charge on any atom is -0.475 e. The minimum atomic E-state index is -0.158. The van der Waals surface area contributed by atoms with Crippen molar-refractivity contribution in [2.24, 2.45) is 0 Å². The van der Waals surface area contributed by atoms with Gasteiger partial charge in [0, 0.05) is 65.2 Å². The first-order valence-corrected chi connectivity index (χ1v) is 19.1. The number of hydrogen-bond acceptors (Lipinski definition) is 10. The van der Waals surface area contributed by atoms with Crippen LogP contribution in [0.4, 0.5) is 5.69 Å². The molecule has 0 fully saturated rings. The molecule has 1 aliphatic heterocycles. The maximum Gasteiger partial charge on any atom is 0.272 e. The van der Waals surface area contributed by atoms with Crippen molar-refractivity contribution in [1.82, 2.24) is 34.8 Å². The van der Waals surface area contributed by atoms with Crippen molar-refractivity contribution in [2.75, 3.05) is 43.6 Å². The molecule has 1 aromatic carbocycles. The van der Waals surface area contributed by atoms with E-state index in [1.807, 2.05) is 74.4 Å². The van der Waals surface area contributed by atoms with Gasteiger partial charge in [0.05, 0.1) is 23.9 Å². The van der Waals surface area contributed by atoms with Crippen LogP contribution in [-0.2, 0) is 9.59 Å². The van der Waals surface area contributed by atoms with Crippen LogP contribution < -0.4 is 15.6 Å². The van der Waals surface area contributed by atoms with Gasteiger partial charge in [-0.15, -0.1) is 23.1 Å². The fourth-order valence-corrected chi connectivity index (χ4v) is 7.50. The molecule has 12 nitrogen and oxygen atoms in total. The molecule has 5 aromatic rings. The average Bonchev–Trinajstić information content (AvgIpc) is 3.77. The highest BCUT2D eigenvalue weighted by Crippen LogP contribution is 2.31. The number of amides is 2. The van der Waals surface area contributed by atoms with E-state index in [-0.39, 0.29) is 23.5 Å². The third-order valence-electron chi connectivity index (χ3n) is 8.37. The molecule has 4 aromatic heterocycles. The first-order valence-electron chi connectivity index (χ1n) is 16.9. The number of aromatic nitrogens is 5. The summed E-state index contributed by atoms with van der Waals surface area (Å²) in [5, 5.41) is 16.6. The predicted octanol–water partition coefficient (Wildman–Crippen LogP) is 5.99. The van der Waals surface area contributed by atoms with E-state index in [1.165, 1.54) is 27.7 Å². The van der Waals surface area contributed by atoms with Crippen LogP contribution in [0.2, 0.25) is 0 Å². The van der Waals surface area contributed by atoms with Crippen LogP contribution in [0.3, 0.4) is 0 Å². The molecule has 5 heterocycles. The highest BCUT2D eigenvalue weighted by atomic mass is 32.2. The SMILES string of the molecule is CSCN(CCCC(=O)Nc1ccc2[nH]nc(-c3ccc(OC(C)C)nc3)c2c1)CC(=O)N1CC=C(c2ccc(-n3nc(C)ccc3=O)s2)CC1. The van der Waals surface area contributed by atoms with E-state index in [9.17, 15) is 14.4 Å². The van der Waals surface area contributed by atoms with E-state index in [1.54, 1.807) is 24.0 Å². The summed E-state index contributed by atoms with van der Waals surface area (Å²) < 4.78 is 7.09. The largest absolute Gasteiger partial charge is 0.475 e. The van der Waals surface area contributed by atoms with Crippen LogP contribution in [0, 0.1) is 6.92 Å². The number of anilines is 1. The molecule has 0 saturated heterocycles. The lowest BCUT2D eigenvalue weighted by molar-refractivity contribution is -0.131. The molecular formula is C37H42N8O4S2. The van der Waals surface area contributed by atoms with Crippen LogP contribution in [0.5, 0.6) is 5.88 Å². The van der Waals surface area contributed by atoms with Gasteiger partial charge in [0.15, 0.2) is 0 Å². The number of benzene rings is 1. The zero-order chi connectivity index (χ0) is 35.9. The first-order chi connectivity index (χ1) is 24.7. The third-order valence-corrected chi connectivity index (χ3v) is 10.1. The highest BCUT2D eigenvalue weighted by Gasteiger charge is 2.21. The second-order valence-corrected chi connectivity index (χ2v) is 14.6. The topological polar surface area (TPSA) is 138 Å². The van der Waals surface area contributed by atoms with Gasteiger partial charge in [-0.3, -0.25) is 24.4 Å². The fourth-order valence-electron chi connectivity index (χ4n) is 5.89. The number of fused-ring (bicyclic) bond motifs is 1. The maximum atomic E-state index is 13.3. The predicted molar refractivity (Wildman–Crippen MR) is 205 cm³/mol. The number of thiophene rings is 1. The number of aromatic amines is 1. The molecule has 266 valence electrons. The Balaban J connectivity index is 0.990. The van der Waals surface area contributed by atoms with Gasteiger partial charge in [-0.2, -0.15) is 14.9 Å². The molecule has 0 saturated carbocycles. The number of H-pyrrole nitrogens is 1. The van der Waals surface area contributed by atoms with Crippen molar-refractivity contribution in [3.8, 4) is 22.1 Å². The summed E-state index contributed by atoms with van der Waals surface area (Å²) in [6.45, 7) is 7.88. The Bertz CT molecular complexity index is 2090. The summed E-state index contributed by atoms with van der Waals surface area (Å²) in [6.07, 6.45) is 7.59. The van der Waals surface area contributed by atoms with E-state index >= 15 is 0 Å². The Labute approximate surface area is 304 Å². The summed E-state index contributed by atoms with van der Waals surface area (Å²) in [7, 11) is 0. The molecule has 6 rings (SSSR count). The van der Waals surface area contributed by atoms with Gasteiger partial charge in [0.1, 0.15) is 10.7 Å². The lowest BCUT2D eigenvalue weighted by Gasteiger charge is -2.29. The van der Waals surface area contributed by atoms with Crippen molar-refractivity contribution >= 4 is 57.1 Å². The average molecular weight is 727 g/mol. The van der Waals surface area contributed by atoms with Gasteiger partial charge in [0.2, 0.25) is 17.7 Å². The van der Waals surface area contributed by atoms with Gasteiger partial charge in [0.25, 0.3) is 5.56 Å². The molecule has 2 amide bonds. The van der Waals surface area contributed by atoms with Gasteiger partial charge in [-0.25, -0.2) is 4.98 Å². The fraction of sp³-hybridized carbons (Fsp3) is 0.351. The number of nitrogens with zero attached hydrogens (tertiary/aromatic N) is 6. The quantitative estimate of drug-likeness (QED) is 0.132. The van der Waals surface area contributed by atoms with Crippen molar-refractivity contribution in [3.05, 3.63) is 87.8 Å². The van der Waals surface area contributed by atoms with E-state index in [4.69, 9.17) is 4.74 Å². The molecule has 14 heteroatoms. The van der Waals surface area contributed by atoms with Crippen molar-refractivity contribution in [1.29, 1.82) is 0 Å². The number of nitrogens with one attached hydrogen (secondary N) is 2. The molecule has 0 atom stereocenters. The van der Waals surface area contributed by atoms with Crippen molar-refractivity contribution in [3.63, 3.8) is 0 Å². The summed E-state index contributed by atoms with van der Waals surface area (Å²) >= 11 is 3.19. The minimum absolute atomic E-state index is 0.0373. The van der Waals surface area contributed by atoms with Crippen LogP contribution in [0.1, 0.15) is 43.7 Å². The number of thioether (sulfide) groups is 1. The zero-order valence-corrected chi connectivity index (χ0v) is 30.9. The Morgan fingerprint density at radius 1 is 1.14 bits per heavy atom. The lowest BCUT2D eigenvalue weighted by atomic mass is 10.1. The second kappa shape index (κ2) is 16.5. The zero-order valence-electron chi connectivity index (χ0n) is 29.2. The van der Waals surface area contributed by atoms with Crippen molar-refractivity contribution < 1.29 is 14.3 Å². The maximum absolute atomic E-state index is 13.3. The van der Waals surface area contributed by atoms with Gasteiger partial charge in [-0.1, -0.05) is 6.08 Å². The van der Waals surface area contributed by atoms with Gasteiger partial charge < -0.3 is 15.0 Å². The molecular weight excluding hydrogens is 685 g/mol. The van der Waals surface area contributed by atoms with E-state index < -0.39 is 0 Å². The van der Waals surface area contributed by atoms with E-state index in [0.29, 0.717) is 56.5 Å². The van der Waals surface area contributed by atoms with Crippen molar-refractivity contribution in [2.45, 2.75) is 46.1 Å².